The van der Waals surface area contributed by atoms with Gasteiger partial charge in [0.2, 0.25) is 0 Å². The van der Waals surface area contributed by atoms with Gasteiger partial charge in [0, 0.05) is 0 Å². The summed E-state index contributed by atoms with van der Waals surface area (Å²) < 4.78 is 9.82. The quantitative estimate of drug-likeness (QED) is 0.851. The number of furan rings is 1. The number of carbonyl (C=O) groups excluding carboxylic acids is 1. The molecule has 1 aromatic carbocycles. The molecule has 0 unspecified atom stereocenters. The fourth-order valence-electron chi connectivity index (χ4n) is 1.62. The van der Waals surface area contributed by atoms with Crippen molar-refractivity contribution in [2.45, 2.75) is 6.54 Å². The van der Waals surface area contributed by atoms with Crippen LogP contribution in [-0.4, -0.2) is 13.1 Å². The van der Waals surface area contributed by atoms with Crippen LogP contribution < -0.4 is 5.32 Å². The molecule has 0 amide bonds. The molecule has 5 heteroatoms. The third kappa shape index (κ3) is 2.93. The number of anilines is 1. The average Bonchev–Trinajstić information content (AvgIpc) is 2.93. The Bertz CT molecular complexity index is 626. The van der Waals surface area contributed by atoms with E-state index in [9.17, 15) is 4.79 Å². The highest BCUT2D eigenvalue weighted by atomic mass is 16.5. The van der Waals surface area contributed by atoms with Gasteiger partial charge in [0.1, 0.15) is 18.1 Å². The summed E-state index contributed by atoms with van der Waals surface area (Å²) in [6.45, 7) is 0.385. The van der Waals surface area contributed by atoms with E-state index >= 15 is 0 Å². The molecule has 0 bridgehead atoms. The summed E-state index contributed by atoms with van der Waals surface area (Å²) in [7, 11) is 1.32. The molecule has 5 nitrogen and oxygen atoms in total. The largest absolute Gasteiger partial charge is 0.467 e. The minimum Gasteiger partial charge on any atom is -0.467 e. The summed E-state index contributed by atoms with van der Waals surface area (Å²) in [6, 6.07) is 10.9. The van der Waals surface area contributed by atoms with Crippen molar-refractivity contribution in [3.63, 3.8) is 0 Å². The van der Waals surface area contributed by atoms with Crippen LogP contribution in [0.1, 0.15) is 21.7 Å². The lowest BCUT2D eigenvalue weighted by Crippen LogP contribution is -2.01. The summed E-state index contributed by atoms with van der Waals surface area (Å²) in [5, 5.41) is 12.0. The van der Waals surface area contributed by atoms with Gasteiger partial charge in [-0.25, -0.2) is 4.79 Å². The van der Waals surface area contributed by atoms with Gasteiger partial charge in [-0.2, -0.15) is 5.26 Å². The van der Waals surface area contributed by atoms with Crippen molar-refractivity contribution in [2.75, 3.05) is 12.4 Å². The molecule has 19 heavy (non-hydrogen) atoms. The van der Waals surface area contributed by atoms with Gasteiger partial charge < -0.3 is 14.5 Å². The minimum absolute atomic E-state index is 0.368. The second-order valence-corrected chi connectivity index (χ2v) is 3.80. The number of benzene rings is 1. The van der Waals surface area contributed by atoms with E-state index in [4.69, 9.17) is 9.68 Å². The molecular weight excluding hydrogens is 244 g/mol. The predicted molar refractivity (Wildman–Crippen MR) is 68.5 cm³/mol. The third-order valence-corrected chi connectivity index (χ3v) is 2.58. The van der Waals surface area contributed by atoms with Crippen molar-refractivity contribution >= 4 is 11.7 Å². The lowest BCUT2D eigenvalue weighted by Gasteiger charge is -2.05. The molecule has 0 aliphatic heterocycles. The molecule has 2 aromatic rings. The van der Waals surface area contributed by atoms with Crippen LogP contribution in [-0.2, 0) is 11.3 Å². The third-order valence-electron chi connectivity index (χ3n) is 2.58. The Labute approximate surface area is 110 Å². The molecule has 0 saturated heterocycles. The number of nitriles is 1. The molecule has 96 valence electrons. The number of nitrogens with zero attached hydrogens (tertiary/aromatic N) is 1. The fraction of sp³-hybridized carbons (Fsp3) is 0.143. The molecule has 0 aliphatic rings. The van der Waals surface area contributed by atoms with Crippen molar-refractivity contribution < 1.29 is 13.9 Å². The maximum Gasteiger partial charge on any atom is 0.341 e. The average molecular weight is 256 g/mol. The Morgan fingerprint density at radius 1 is 1.47 bits per heavy atom. The van der Waals surface area contributed by atoms with E-state index in [2.05, 4.69) is 16.1 Å². The van der Waals surface area contributed by atoms with E-state index < -0.39 is 5.97 Å². The van der Waals surface area contributed by atoms with Crippen LogP contribution in [0.5, 0.6) is 0 Å². The smallest absolute Gasteiger partial charge is 0.341 e. The van der Waals surface area contributed by atoms with Gasteiger partial charge in [0.25, 0.3) is 0 Å². The SMILES string of the molecule is COC(=O)c1coc(CNc2ccccc2C#N)c1. The van der Waals surface area contributed by atoms with Crippen molar-refractivity contribution in [3.8, 4) is 6.07 Å². The number of nitrogens with one attached hydrogen (secondary N) is 1. The van der Waals surface area contributed by atoms with Gasteiger partial charge in [-0.15, -0.1) is 0 Å². The number of carbonyl (C=O) groups is 1. The maximum atomic E-state index is 11.3. The highest BCUT2D eigenvalue weighted by molar-refractivity contribution is 5.89. The standard InChI is InChI=1S/C14H12N2O3/c1-18-14(17)11-6-12(19-9-11)8-16-13-5-3-2-4-10(13)7-15/h2-6,9,16H,8H2,1H3. The number of methoxy groups -OCH3 is 1. The topological polar surface area (TPSA) is 75.3 Å². The van der Waals surface area contributed by atoms with E-state index in [1.165, 1.54) is 13.4 Å². The summed E-state index contributed by atoms with van der Waals surface area (Å²) in [6.07, 6.45) is 1.35. The van der Waals surface area contributed by atoms with Crippen LogP contribution in [0.3, 0.4) is 0 Å². The first-order chi connectivity index (χ1) is 9.24. The van der Waals surface area contributed by atoms with Crippen LogP contribution in [0.4, 0.5) is 5.69 Å². The first kappa shape index (κ1) is 12.7. The van der Waals surface area contributed by atoms with Crippen LogP contribution in [0.2, 0.25) is 0 Å². The molecule has 0 aliphatic carbocycles. The first-order valence-electron chi connectivity index (χ1n) is 5.63. The zero-order valence-corrected chi connectivity index (χ0v) is 10.3. The lowest BCUT2D eigenvalue weighted by molar-refractivity contribution is 0.0600. The second kappa shape index (κ2) is 5.74. The summed E-state index contributed by atoms with van der Waals surface area (Å²) in [5.41, 5.74) is 1.65. The van der Waals surface area contributed by atoms with Crippen molar-refractivity contribution in [1.82, 2.24) is 0 Å². The summed E-state index contributed by atoms with van der Waals surface area (Å²) >= 11 is 0. The molecule has 1 heterocycles. The van der Waals surface area contributed by atoms with Crippen LogP contribution >= 0.6 is 0 Å². The highest BCUT2D eigenvalue weighted by Crippen LogP contribution is 2.16. The van der Waals surface area contributed by atoms with Crippen molar-refractivity contribution in [1.29, 1.82) is 5.26 Å². The number of hydrogen-bond acceptors (Lipinski definition) is 5. The van der Waals surface area contributed by atoms with Gasteiger partial charge >= 0.3 is 5.97 Å². The van der Waals surface area contributed by atoms with E-state index in [1.54, 1.807) is 18.2 Å². The normalized spacial score (nSPS) is 9.68. The first-order valence-corrected chi connectivity index (χ1v) is 5.63. The monoisotopic (exact) mass is 256 g/mol. The summed E-state index contributed by atoms with van der Waals surface area (Å²) in [5.74, 6) is 0.153. The van der Waals surface area contributed by atoms with Crippen LogP contribution in [0.25, 0.3) is 0 Å². The molecule has 0 spiro atoms. The molecule has 1 aromatic heterocycles. The molecule has 1 N–H and O–H groups in total. The Hall–Kier alpha value is -2.74. The highest BCUT2D eigenvalue weighted by Gasteiger charge is 2.10. The fourth-order valence-corrected chi connectivity index (χ4v) is 1.62. The van der Waals surface area contributed by atoms with Crippen LogP contribution in [0.15, 0.2) is 41.0 Å². The van der Waals surface area contributed by atoms with Crippen molar-refractivity contribution in [3.05, 3.63) is 53.5 Å². The lowest BCUT2D eigenvalue weighted by atomic mass is 10.2. The van der Waals surface area contributed by atoms with Crippen molar-refractivity contribution in [2.24, 2.45) is 0 Å². The molecule has 0 saturated carbocycles. The number of hydrogen-bond donors (Lipinski definition) is 1. The van der Waals surface area contributed by atoms with Gasteiger partial charge in [-0.3, -0.25) is 0 Å². The Morgan fingerprint density at radius 3 is 3.00 bits per heavy atom. The molecule has 0 radical (unpaired) electrons. The van der Waals surface area contributed by atoms with Gasteiger partial charge in [-0.05, 0) is 18.2 Å². The minimum atomic E-state index is -0.438. The number of rotatable bonds is 4. The van der Waals surface area contributed by atoms with E-state index in [0.717, 1.165) is 5.69 Å². The number of esters is 1. The molecule has 0 fully saturated rings. The second-order valence-electron chi connectivity index (χ2n) is 3.80. The Morgan fingerprint density at radius 2 is 2.26 bits per heavy atom. The summed E-state index contributed by atoms with van der Waals surface area (Å²) in [4.78, 5) is 11.3. The van der Waals surface area contributed by atoms with E-state index in [1.807, 2.05) is 12.1 Å². The maximum absolute atomic E-state index is 11.3. The van der Waals surface area contributed by atoms with Gasteiger partial charge in [-0.1, -0.05) is 12.1 Å². The zero-order chi connectivity index (χ0) is 13.7. The van der Waals surface area contributed by atoms with Crippen LogP contribution in [0, 0.1) is 11.3 Å². The zero-order valence-electron chi connectivity index (χ0n) is 10.3. The predicted octanol–water partition coefficient (Wildman–Crippen LogP) is 2.55. The number of ether oxygens (including phenoxy) is 1. The van der Waals surface area contributed by atoms with E-state index in [0.29, 0.717) is 23.4 Å². The molecule has 0 atom stereocenters. The molecule has 2 rings (SSSR count). The van der Waals surface area contributed by atoms with E-state index in [-0.39, 0.29) is 0 Å². The van der Waals surface area contributed by atoms with Gasteiger partial charge in [0.05, 0.1) is 30.5 Å². The van der Waals surface area contributed by atoms with Gasteiger partial charge in [0.15, 0.2) is 0 Å². The Balaban J connectivity index is 2.05. The number of para-hydroxylation sites is 1. The molecular formula is C14H12N2O3. The Kier molecular flexibility index (Phi) is 3.84.